The summed E-state index contributed by atoms with van der Waals surface area (Å²) < 4.78 is 5.88. The number of benzene rings is 2. The Morgan fingerprint density at radius 2 is 1.72 bits per heavy atom. The van der Waals surface area contributed by atoms with Gasteiger partial charge in [0.1, 0.15) is 11.5 Å². The van der Waals surface area contributed by atoms with Crippen molar-refractivity contribution >= 4 is 23.2 Å². The van der Waals surface area contributed by atoms with Crippen LogP contribution in [-0.2, 0) is 6.54 Å². The molecule has 0 saturated heterocycles. The van der Waals surface area contributed by atoms with Crippen molar-refractivity contribution in [1.82, 2.24) is 5.32 Å². The predicted molar refractivity (Wildman–Crippen MR) is 105 cm³/mol. The van der Waals surface area contributed by atoms with Gasteiger partial charge in [-0.15, -0.1) is 0 Å². The minimum atomic E-state index is 0.409. The Hall–Kier alpha value is -1.26. The molecule has 3 nitrogen and oxygen atoms in total. The molecule has 0 atom stereocenters. The summed E-state index contributed by atoms with van der Waals surface area (Å²) in [6.45, 7) is 1.88. The van der Waals surface area contributed by atoms with Gasteiger partial charge in [0.05, 0.1) is 10.0 Å². The first-order valence-corrected chi connectivity index (χ1v) is 9.54. The molecule has 2 aromatic carbocycles. The van der Waals surface area contributed by atoms with Gasteiger partial charge in [-0.05, 0) is 68.0 Å². The van der Waals surface area contributed by atoms with Gasteiger partial charge >= 0.3 is 0 Å². The molecule has 1 aliphatic carbocycles. The molecule has 1 saturated carbocycles. The lowest BCUT2D eigenvalue weighted by Crippen LogP contribution is -2.31. The van der Waals surface area contributed by atoms with Crippen LogP contribution in [0.4, 0.5) is 0 Å². The number of nitrogens with two attached hydrogens (primary N) is 1. The van der Waals surface area contributed by atoms with Gasteiger partial charge in [0.15, 0.2) is 0 Å². The molecule has 3 N–H and O–H groups in total. The van der Waals surface area contributed by atoms with Crippen LogP contribution in [0.1, 0.15) is 31.2 Å². The van der Waals surface area contributed by atoms with Crippen molar-refractivity contribution in [2.24, 2.45) is 11.7 Å². The fraction of sp³-hybridized carbons (Fsp3) is 0.400. The summed E-state index contributed by atoms with van der Waals surface area (Å²) >= 11 is 12.0. The third-order valence-electron chi connectivity index (χ3n) is 4.68. The molecule has 0 aromatic heterocycles. The summed E-state index contributed by atoms with van der Waals surface area (Å²) in [5, 5.41) is 4.57. The number of halogens is 2. The van der Waals surface area contributed by atoms with Gasteiger partial charge in [-0.2, -0.15) is 0 Å². The van der Waals surface area contributed by atoms with E-state index in [0.29, 0.717) is 21.8 Å². The van der Waals surface area contributed by atoms with E-state index in [4.69, 9.17) is 33.7 Å². The average molecular weight is 379 g/mol. The Bertz CT molecular complexity index is 700. The minimum absolute atomic E-state index is 0.409. The summed E-state index contributed by atoms with van der Waals surface area (Å²) in [6.07, 6.45) is 4.77. The molecule has 0 bridgehead atoms. The molecule has 0 spiro atoms. The number of ether oxygens (including phenoxy) is 1. The smallest absolute Gasteiger partial charge is 0.129 e. The lowest BCUT2D eigenvalue weighted by molar-refractivity contribution is 0.314. The molecule has 0 unspecified atom stereocenters. The highest BCUT2D eigenvalue weighted by Crippen LogP contribution is 2.29. The average Bonchev–Trinajstić information content (AvgIpc) is 2.60. The van der Waals surface area contributed by atoms with E-state index in [9.17, 15) is 0 Å². The second-order valence-corrected chi connectivity index (χ2v) is 7.55. The monoisotopic (exact) mass is 378 g/mol. The first kappa shape index (κ1) is 18.5. The third-order valence-corrected chi connectivity index (χ3v) is 5.42. The number of rotatable bonds is 6. The van der Waals surface area contributed by atoms with Gasteiger partial charge < -0.3 is 15.8 Å². The summed E-state index contributed by atoms with van der Waals surface area (Å²) in [6, 6.07) is 13.8. The fourth-order valence-corrected chi connectivity index (χ4v) is 3.50. The normalized spacial score (nSPS) is 20.4. The maximum atomic E-state index is 6.03. The number of nitrogens with one attached hydrogen (secondary N) is 1. The first-order valence-electron chi connectivity index (χ1n) is 8.78. The van der Waals surface area contributed by atoms with Crippen LogP contribution in [0, 0.1) is 5.92 Å². The predicted octanol–water partition coefficient (Wildman–Crippen LogP) is 5.39. The maximum Gasteiger partial charge on any atom is 0.129 e. The lowest BCUT2D eigenvalue weighted by Gasteiger charge is -2.26. The van der Waals surface area contributed by atoms with E-state index in [-0.39, 0.29) is 0 Å². The van der Waals surface area contributed by atoms with Crippen molar-refractivity contribution in [2.45, 2.75) is 38.3 Å². The maximum absolute atomic E-state index is 6.03. The summed E-state index contributed by atoms with van der Waals surface area (Å²) in [7, 11) is 0. The molecule has 134 valence electrons. The van der Waals surface area contributed by atoms with Crippen LogP contribution < -0.4 is 15.8 Å². The summed E-state index contributed by atoms with van der Waals surface area (Å²) in [5.74, 6) is 2.22. The van der Waals surface area contributed by atoms with Crippen molar-refractivity contribution in [2.75, 3.05) is 6.54 Å². The summed E-state index contributed by atoms with van der Waals surface area (Å²) in [4.78, 5) is 0. The Kier molecular flexibility index (Phi) is 6.60. The topological polar surface area (TPSA) is 47.3 Å². The highest BCUT2D eigenvalue weighted by Gasteiger charge is 2.17. The van der Waals surface area contributed by atoms with Crippen LogP contribution in [0.25, 0.3) is 0 Å². The van der Waals surface area contributed by atoms with E-state index in [2.05, 4.69) is 11.4 Å². The molecule has 2 aromatic rings. The van der Waals surface area contributed by atoms with Gasteiger partial charge in [-0.1, -0.05) is 35.3 Å². The fourth-order valence-electron chi connectivity index (χ4n) is 3.21. The van der Waals surface area contributed by atoms with E-state index in [0.717, 1.165) is 37.6 Å². The lowest BCUT2D eigenvalue weighted by atomic mass is 9.86. The molecule has 0 radical (unpaired) electrons. The standard InChI is InChI=1S/C20H24Cl2N2O/c21-19-9-8-18(11-20(19)22)25-17-3-1-2-15(10-17)13-24-12-14-4-6-16(23)7-5-14/h1-3,8-11,14,16,24H,4-7,12-13,23H2. The molecule has 0 aliphatic heterocycles. The molecular formula is C20H24Cl2N2O. The van der Waals surface area contributed by atoms with Crippen LogP contribution in [0.15, 0.2) is 42.5 Å². The molecule has 0 amide bonds. The zero-order chi connectivity index (χ0) is 17.6. The van der Waals surface area contributed by atoms with Crippen LogP contribution in [-0.4, -0.2) is 12.6 Å². The molecule has 1 fully saturated rings. The second-order valence-electron chi connectivity index (χ2n) is 6.74. The van der Waals surface area contributed by atoms with Crippen LogP contribution in [0.3, 0.4) is 0 Å². The van der Waals surface area contributed by atoms with Crippen molar-refractivity contribution in [3.8, 4) is 11.5 Å². The molecule has 1 aliphatic rings. The molecule has 25 heavy (non-hydrogen) atoms. The largest absolute Gasteiger partial charge is 0.457 e. The first-order chi connectivity index (χ1) is 12.1. The van der Waals surface area contributed by atoms with E-state index < -0.39 is 0 Å². The van der Waals surface area contributed by atoms with Crippen molar-refractivity contribution < 1.29 is 4.74 Å². The van der Waals surface area contributed by atoms with E-state index in [1.54, 1.807) is 12.1 Å². The summed E-state index contributed by atoms with van der Waals surface area (Å²) in [5.41, 5.74) is 7.16. The van der Waals surface area contributed by atoms with Crippen LogP contribution >= 0.6 is 23.2 Å². The Labute approximate surface area is 159 Å². The van der Waals surface area contributed by atoms with Gasteiger partial charge in [-0.3, -0.25) is 0 Å². The van der Waals surface area contributed by atoms with E-state index >= 15 is 0 Å². The minimum Gasteiger partial charge on any atom is -0.457 e. The SMILES string of the molecule is NC1CCC(CNCc2cccc(Oc3ccc(Cl)c(Cl)c3)c2)CC1. The zero-order valence-electron chi connectivity index (χ0n) is 14.2. The zero-order valence-corrected chi connectivity index (χ0v) is 15.7. The van der Waals surface area contributed by atoms with Gasteiger partial charge in [0, 0.05) is 18.7 Å². The van der Waals surface area contributed by atoms with Gasteiger partial charge in [-0.25, -0.2) is 0 Å². The highest BCUT2D eigenvalue weighted by molar-refractivity contribution is 6.42. The third kappa shape index (κ3) is 5.61. The number of hydrogen-bond donors (Lipinski definition) is 2. The Balaban J connectivity index is 1.51. The van der Waals surface area contributed by atoms with Crippen molar-refractivity contribution in [3.05, 3.63) is 58.1 Å². The van der Waals surface area contributed by atoms with Crippen molar-refractivity contribution in [3.63, 3.8) is 0 Å². The quantitative estimate of drug-likeness (QED) is 0.707. The second kappa shape index (κ2) is 8.91. The van der Waals surface area contributed by atoms with Gasteiger partial charge in [0.2, 0.25) is 0 Å². The molecule has 0 heterocycles. The number of hydrogen-bond acceptors (Lipinski definition) is 3. The molecular weight excluding hydrogens is 355 g/mol. The van der Waals surface area contributed by atoms with Crippen molar-refractivity contribution in [1.29, 1.82) is 0 Å². The van der Waals surface area contributed by atoms with E-state index in [1.165, 1.54) is 18.4 Å². The molecule has 3 rings (SSSR count). The van der Waals surface area contributed by atoms with Gasteiger partial charge in [0.25, 0.3) is 0 Å². The van der Waals surface area contributed by atoms with E-state index in [1.807, 2.05) is 24.3 Å². The molecule has 5 heteroatoms. The Morgan fingerprint density at radius 3 is 2.48 bits per heavy atom. The Morgan fingerprint density at radius 1 is 0.960 bits per heavy atom. The highest BCUT2D eigenvalue weighted by atomic mass is 35.5. The van der Waals surface area contributed by atoms with Crippen LogP contribution in [0.5, 0.6) is 11.5 Å². The van der Waals surface area contributed by atoms with Crippen LogP contribution in [0.2, 0.25) is 10.0 Å².